The van der Waals surface area contributed by atoms with E-state index in [1.807, 2.05) is 13.0 Å². The molecule has 5 heterocycles. The summed E-state index contributed by atoms with van der Waals surface area (Å²) in [5.74, 6) is 0.318. The Balaban J connectivity index is 1.23. The summed E-state index contributed by atoms with van der Waals surface area (Å²) in [6, 6.07) is 0. The van der Waals surface area contributed by atoms with Gasteiger partial charge in [-0.15, -0.1) is 0 Å². The summed E-state index contributed by atoms with van der Waals surface area (Å²) in [5, 5.41) is 23.1. The molecule has 8 heteroatoms. The van der Waals surface area contributed by atoms with E-state index in [0.29, 0.717) is 25.2 Å². The summed E-state index contributed by atoms with van der Waals surface area (Å²) in [7, 11) is 0. The molecule has 5 fully saturated rings. The standard InChI is InChI=1S/C41H64O8/c1-8-10-11-12-17-35-39(5,44)21-18-32-33(45-35)19-22-40(6)37(46-32)25-34-38(49-40)30(43)26-41(7)36(47-34)24-28(4)31(48-41)16-14-13-15-27(3)29(9-2)20-23-42/h8,10-11,15,20,23,28,30-38,43-44H,1,9,12-14,16-19,21-22,24-26H2,2-7H3/b11-10-,27-15+,29-20+. The maximum atomic E-state index is 11.7. The zero-order valence-corrected chi connectivity index (χ0v) is 31.0. The van der Waals surface area contributed by atoms with E-state index in [1.165, 1.54) is 5.57 Å². The van der Waals surface area contributed by atoms with Gasteiger partial charge in [-0.05, 0) is 116 Å². The Kier molecular flexibility index (Phi) is 12.9. The number of hydrogen-bond donors (Lipinski definition) is 2. The van der Waals surface area contributed by atoms with Gasteiger partial charge in [0.05, 0.1) is 65.6 Å². The molecular formula is C41H64O8. The molecule has 0 saturated carbocycles. The molecule has 0 radical (unpaired) electrons. The van der Waals surface area contributed by atoms with Crippen molar-refractivity contribution in [2.45, 2.75) is 197 Å². The second-order valence-corrected chi connectivity index (χ2v) is 16.2. The van der Waals surface area contributed by atoms with E-state index in [0.717, 1.165) is 76.1 Å². The Hall–Kier alpha value is -1.65. The average molecular weight is 685 g/mol. The van der Waals surface area contributed by atoms with Crippen LogP contribution in [-0.4, -0.2) is 88.2 Å². The van der Waals surface area contributed by atoms with Gasteiger partial charge in [-0.1, -0.05) is 50.3 Å². The molecule has 13 atom stereocenters. The first kappa shape index (κ1) is 38.6. The van der Waals surface area contributed by atoms with E-state index in [1.54, 1.807) is 12.2 Å². The SMILES string of the molecule is C=C/C=C\CCC1OC2CCC3(C)OC4C(O)CC5(C)OC(CCC/C=C(C)/C(=C/C=O)CC)C(C)CC5OC4CC3OC2CCC1(C)O. The predicted octanol–water partition coefficient (Wildman–Crippen LogP) is 7.26. The smallest absolute Gasteiger partial charge is 0.143 e. The maximum absolute atomic E-state index is 11.7. The first-order valence-corrected chi connectivity index (χ1v) is 19.1. The van der Waals surface area contributed by atoms with Crippen LogP contribution in [0, 0.1) is 5.92 Å². The van der Waals surface area contributed by atoms with Gasteiger partial charge in [0.2, 0.25) is 0 Å². The fourth-order valence-electron chi connectivity index (χ4n) is 9.15. The van der Waals surface area contributed by atoms with Crippen molar-refractivity contribution in [2.24, 2.45) is 5.92 Å². The molecule has 5 aliphatic heterocycles. The van der Waals surface area contributed by atoms with E-state index < -0.39 is 29.0 Å². The summed E-state index contributed by atoms with van der Waals surface area (Å²) in [5.41, 5.74) is 0.135. The van der Waals surface area contributed by atoms with E-state index in [-0.39, 0.29) is 42.7 Å². The molecule has 0 aromatic rings. The molecule has 8 nitrogen and oxygen atoms in total. The van der Waals surface area contributed by atoms with Crippen LogP contribution in [0.3, 0.4) is 0 Å². The van der Waals surface area contributed by atoms with Gasteiger partial charge in [0.1, 0.15) is 12.4 Å². The van der Waals surface area contributed by atoms with Gasteiger partial charge in [0.25, 0.3) is 0 Å². The van der Waals surface area contributed by atoms with Gasteiger partial charge < -0.3 is 33.9 Å². The molecule has 0 aromatic carbocycles. The lowest BCUT2D eigenvalue weighted by molar-refractivity contribution is -0.273. The highest BCUT2D eigenvalue weighted by Gasteiger charge is 2.58. The Labute approximate surface area is 295 Å². The molecule has 0 spiro atoms. The van der Waals surface area contributed by atoms with E-state index in [4.69, 9.17) is 23.7 Å². The minimum absolute atomic E-state index is 0.0844. The second-order valence-electron chi connectivity index (χ2n) is 16.2. The Bertz CT molecular complexity index is 1220. The normalized spacial score (nSPS) is 44.8. The molecule has 0 aromatic heterocycles. The highest BCUT2D eigenvalue weighted by Crippen LogP contribution is 2.49. The van der Waals surface area contributed by atoms with Crippen LogP contribution in [-0.2, 0) is 28.5 Å². The monoisotopic (exact) mass is 684 g/mol. The molecular weight excluding hydrogens is 620 g/mol. The first-order chi connectivity index (χ1) is 23.3. The van der Waals surface area contributed by atoms with Crippen molar-refractivity contribution in [3.8, 4) is 0 Å². The van der Waals surface area contributed by atoms with Crippen LogP contribution in [0.2, 0.25) is 0 Å². The van der Waals surface area contributed by atoms with Crippen LogP contribution in [0.25, 0.3) is 0 Å². The maximum Gasteiger partial charge on any atom is 0.143 e. The summed E-state index contributed by atoms with van der Waals surface area (Å²) in [6.07, 6.45) is 18.3. The van der Waals surface area contributed by atoms with Crippen molar-refractivity contribution in [3.05, 3.63) is 48.1 Å². The number of ether oxygens (including phenoxy) is 5. The minimum Gasteiger partial charge on any atom is -0.390 e. The topological polar surface area (TPSA) is 104 Å². The molecule has 0 aliphatic carbocycles. The van der Waals surface area contributed by atoms with Gasteiger partial charge in [-0.3, -0.25) is 4.79 Å². The van der Waals surface area contributed by atoms with E-state index in [2.05, 4.69) is 53.3 Å². The number of aldehydes is 1. The zero-order chi connectivity index (χ0) is 35.4. The van der Waals surface area contributed by atoms with Gasteiger partial charge in [0, 0.05) is 12.8 Å². The fourth-order valence-corrected chi connectivity index (χ4v) is 9.15. The van der Waals surface area contributed by atoms with Gasteiger partial charge in [-0.2, -0.15) is 0 Å². The molecule has 5 rings (SSSR count). The number of carbonyl (C=O) groups is 1. The molecule has 0 amide bonds. The Morgan fingerprint density at radius 2 is 1.65 bits per heavy atom. The molecule has 2 N–H and O–H groups in total. The molecule has 49 heavy (non-hydrogen) atoms. The van der Waals surface area contributed by atoms with Crippen LogP contribution in [0.1, 0.15) is 125 Å². The summed E-state index contributed by atoms with van der Waals surface area (Å²) in [4.78, 5) is 11.0. The third-order valence-electron chi connectivity index (χ3n) is 12.4. The molecule has 5 saturated heterocycles. The fraction of sp³-hybridized carbons (Fsp3) is 0.780. The van der Waals surface area contributed by atoms with E-state index >= 15 is 0 Å². The summed E-state index contributed by atoms with van der Waals surface area (Å²) < 4.78 is 34.3. The van der Waals surface area contributed by atoms with Crippen molar-refractivity contribution in [1.29, 1.82) is 0 Å². The number of rotatable bonds is 11. The zero-order valence-electron chi connectivity index (χ0n) is 31.0. The van der Waals surface area contributed by atoms with Crippen LogP contribution < -0.4 is 0 Å². The Morgan fingerprint density at radius 1 is 0.939 bits per heavy atom. The average Bonchev–Trinajstić information content (AvgIpc) is 3.31. The molecule has 13 unspecified atom stereocenters. The summed E-state index contributed by atoms with van der Waals surface area (Å²) in [6.45, 7) is 16.3. The lowest BCUT2D eigenvalue weighted by Gasteiger charge is -2.49. The highest BCUT2D eigenvalue weighted by atomic mass is 16.6. The number of carbonyl (C=O) groups excluding carboxylic acids is 1. The van der Waals surface area contributed by atoms with Crippen molar-refractivity contribution >= 4 is 6.29 Å². The number of unbranched alkanes of at least 4 members (excludes halogenated alkanes) is 1. The van der Waals surface area contributed by atoms with Crippen LogP contribution in [0.5, 0.6) is 0 Å². The molecule has 5 aliphatic rings. The van der Waals surface area contributed by atoms with Crippen LogP contribution >= 0.6 is 0 Å². The van der Waals surface area contributed by atoms with Gasteiger partial charge in [-0.25, -0.2) is 0 Å². The Morgan fingerprint density at radius 3 is 2.39 bits per heavy atom. The lowest BCUT2D eigenvalue weighted by atomic mass is 9.79. The van der Waals surface area contributed by atoms with Gasteiger partial charge >= 0.3 is 0 Å². The summed E-state index contributed by atoms with van der Waals surface area (Å²) >= 11 is 0. The van der Waals surface area contributed by atoms with Crippen LogP contribution in [0.4, 0.5) is 0 Å². The quantitative estimate of drug-likeness (QED) is 0.102. The number of aliphatic hydroxyl groups excluding tert-OH is 1. The second kappa shape index (κ2) is 16.4. The van der Waals surface area contributed by atoms with Gasteiger partial charge in [0.15, 0.2) is 0 Å². The first-order valence-electron chi connectivity index (χ1n) is 19.1. The largest absolute Gasteiger partial charge is 0.390 e. The van der Waals surface area contributed by atoms with E-state index in [9.17, 15) is 15.0 Å². The van der Waals surface area contributed by atoms with Crippen molar-refractivity contribution in [3.63, 3.8) is 0 Å². The number of aliphatic hydroxyl groups is 2. The third kappa shape index (κ3) is 8.88. The third-order valence-corrected chi connectivity index (χ3v) is 12.4. The molecule has 0 bridgehead atoms. The van der Waals surface area contributed by atoms with Crippen LogP contribution in [0.15, 0.2) is 48.1 Å². The van der Waals surface area contributed by atoms with Crippen molar-refractivity contribution in [2.75, 3.05) is 0 Å². The lowest BCUT2D eigenvalue weighted by Crippen LogP contribution is -2.59. The number of hydrogen-bond acceptors (Lipinski definition) is 8. The minimum atomic E-state index is -0.924. The predicted molar refractivity (Wildman–Crippen MR) is 191 cm³/mol. The number of allylic oxidation sites excluding steroid dienone is 7. The van der Waals surface area contributed by atoms with Crippen molar-refractivity contribution in [1.82, 2.24) is 0 Å². The number of fused-ring (bicyclic) bond motifs is 4. The highest BCUT2D eigenvalue weighted by molar-refractivity contribution is 5.67. The van der Waals surface area contributed by atoms with Crippen molar-refractivity contribution < 1.29 is 38.7 Å². The molecule has 276 valence electrons.